The monoisotopic (exact) mass is 250 g/mol. The quantitative estimate of drug-likeness (QED) is 0.841. The number of hydrogen-bond donors (Lipinski definition) is 1. The van der Waals surface area contributed by atoms with Crippen molar-refractivity contribution in [3.8, 4) is 5.75 Å². The van der Waals surface area contributed by atoms with Crippen molar-refractivity contribution in [1.29, 1.82) is 0 Å². The van der Waals surface area contributed by atoms with E-state index >= 15 is 0 Å². The first-order valence-corrected chi connectivity index (χ1v) is 6.37. The zero-order valence-corrected chi connectivity index (χ0v) is 11.4. The Hall–Kier alpha value is -1.71. The van der Waals surface area contributed by atoms with E-state index in [1.54, 1.807) is 12.0 Å². The first-order valence-electron chi connectivity index (χ1n) is 6.37. The minimum Gasteiger partial charge on any atom is -0.497 e. The normalized spacial score (nSPS) is 9.94. The van der Waals surface area contributed by atoms with Crippen LogP contribution in [0, 0.1) is 0 Å². The minimum atomic E-state index is 0.00788. The molecule has 0 saturated carbocycles. The lowest BCUT2D eigenvalue weighted by atomic mass is 10.1. The predicted molar refractivity (Wildman–Crippen MR) is 73.0 cm³/mol. The van der Waals surface area contributed by atoms with E-state index in [0.717, 1.165) is 25.3 Å². The van der Waals surface area contributed by atoms with Crippen LogP contribution in [0.5, 0.6) is 5.75 Å². The van der Waals surface area contributed by atoms with Gasteiger partial charge in [-0.2, -0.15) is 0 Å². The summed E-state index contributed by atoms with van der Waals surface area (Å²) in [5, 5.41) is 2.92. The topological polar surface area (TPSA) is 41.6 Å². The Morgan fingerprint density at radius 3 is 2.33 bits per heavy atom. The molecule has 0 aliphatic heterocycles. The lowest BCUT2D eigenvalue weighted by Crippen LogP contribution is -2.40. The van der Waals surface area contributed by atoms with Gasteiger partial charge in [0.1, 0.15) is 5.75 Å². The standard InChI is InChI=1S/C14H22N2O2/c1-4-16(5-2)14(17)15-11-10-12-6-8-13(18-3)9-7-12/h6-9H,4-5,10-11H2,1-3H3,(H,15,17). The van der Waals surface area contributed by atoms with E-state index in [9.17, 15) is 4.79 Å². The number of hydrogen-bond acceptors (Lipinski definition) is 2. The third kappa shape index (κ3) is 4.28. The van der Waals surface area contributed by atoms with E-state index in [1.807, 2.05) is 38.1 Å². The summed E-state index contributed by atoms with van der Waals surface area (Å²) < 4.78 is 5.10. The van der Waals surface area contributed by atoms with Crippen molar-refractivity contribution < 1.29 is 9.53 Å². The number of amides is 2. The summed E-state index contributed by atoms with van der Waals surface area (Å²) in [6, 6.07) is 7.90. The van der Waals surface area contributed by atoms with Gasteiger partial charge in [0.25, 0.3) is 0 Å². The van der Waals surface area contributed by atoms with E-state index in [0.29, 0.717) is 6.54 Å². The molecule has 2 amide bonds. The third-order valence-electron chi connectivity index (χ3n) is 2.90. The van der Waals surface area contributed by atoms with Gasteiger partial charge < -0.3 is 15.0 Å². The first-order chi connectivity index (χ1) is 8.71. The second kappa shape index (κ2) is 7.58. The predicted octanol–water partition coefficient (Wildman–Crippen LogP) is 2.29. The third-order valence-corrected chi connectivity index (χ3v) is 2.90. The molecular formula is C14H22N2O2. The molecule has 0 fully saturated rings. The van der Waals surface area contributed by atoms with Gasteiger partial charge in [-0.1, -0.05) is 12.1 Å². The van der Waals surface area contributed by atoms with Gasteiger partial charge in [0.15, 0.2) is 0 Å². The molecule has 4 nitrogen and oxygen atoms in total. The maximum atomic E-state index is 11.7. The van der Waals surface area contributed by atoms with Crippen molar-refractivity contribution in [2.75, 3.05) is 26.7 Å². The summed E-state index contributed by atoms with van der Waals surface area (Å²) in [4.78, 5) is 13.5. The average molecular weight is 250 g/mol. The van der Waals surface area contributed by atoms with E-state index in [-0.39, 0.29) is 6.03 Å². The molecule has 1 N–H and O–H groups in total. The van der Waals surface area contributed by atoms with Crippen molar-refractivity contribution in [3.05, 3.63) is 29.8 Å². The van der Waals surface area contributed by atoms with Crippen LogP contribution in [0.2, 0.25) is 0 Å². The molecule has 4 heteroatoms. The van der Waals surface area contributed by atoms with Crippen LogP contribution in [0.4, 0.5) is 4.79 Å². The second-order valence-electron chi connectivity index (χ2n) is 4.00. The molecule has 0 saturated heterocycles. The van der Waals surface area contributed by atoms with E-state index in [4.69, 9.17) is 4.74 Å². The molecule has 100 valence electrons. The van der Waals surface area contributed by atoms with Crippen molar-refractivity contribution in [2.24, 2.45) is 0 Å². The number of nitrogens with zero attached hydrogens (tertiary/aromatic N) is 1. The molecule has 1 aromatic rings. The van der Waals surface area contributed by atoms with E-state index < -0.39 is 0 Å². The average Bonchev–Trinajstić information content (AvgIpc) is 2.41. The van der Waals surface area contributed by atoms with Crippen LogP contribution in [-0.2, 0) is 6.42 Å². The highest BCUT2D eigenvalue weighted by molar-refractivity contribution is 5.74. The second-order valence-corrected chi connectivity index (χ2v) is 4.00. The van der Waals surface area contributed by atoms with Gasteiger partial charge in [0.2, 0.25) is 0 Å². The van der Waals surface area contributed by atoms with Gasteiger partial charge in [-0.3, -0.25) is 0 Å². The van der Waals surface area contributed by atoms with Crippen molar-refractivity contribution >= 4 is 6.03 Å². The number of benzene rings is 1. The molecule has 0 aliphatic carbocycles. The summed E-state index contributed by atoms with van der Waals surface area (Å²) >= 11 is 0. The zero-order valence-electron chi connectivity index (χ0n) is 11.4. The van der Waals surface area contributed by atoms with Gasteiger partial charge in [0, 0.05) is 19.6 Å². The Labute approximate surface area is 109 Å². The summed E-state index contributed by atoms with van der Waals surface area (Å²) in [7, 11) is 1.65. The largest absolute Gasteiger partial charge is 0.497 e. The van der Waals surface area contributed by atoms with Crippen molar-refractivity contribution in [2.45, 2.75) is 20.3 Å². The highest BCUT2D eigenvalue weighted by atomic mass is 16.5. The maximum absolute atomic E-state index is 11.7. The fraction of sp³-hybridized carbons (Fsp3) is 0.500. The Balaban J connectivity index is 2.34. The summed E-state index contributed by atoms with van der Waals surface area (Å²) in [5.74, 6) is 0.853. The van der Waals surface area contributed by atoms with Crippen LogP contribution in [0.3, 0.4) is 0 Å². The molecule has 1 aromatic carbocycles. The van der Waals surface area contributed by atoms with Gasteiger partial charge in [-0.05, 0) is 38.0 Å². The van der Waals surface area contributed by atoms with Gasteiger partial charge in [0.05, 0.1) is 7.11 Å². The molecular weight excluding hydrogens is 228 g/mol. The van der Waals surface area contributed by atoms with Crippen LogP contribution in [0.25, 0.3) is 0 Å². The Bertz CT molecular complexity index is 359. The highest BCUT2D eigenvalue weighted by Gasteiger charge is 2.07. The van der Waals surface area contributed by atoms with E-state index in [1.165, 1.54) is 5.56 Å². The van der Waals surface area contributed by atoms with Crippen LogP contribution in [0.15, 0.2) is 24.3 Å². The zero-order chi connectivity index (χ0) is 13.4. The molecule has 0 aromatic heterocycles. The fourth-order valence-electron chi connectivity index (χ4n) is 1.73. The molecule has 0 atom stereocenters. The smallest absolute Gasteiger partial charge is 0.317 e. The molecule has 0 bridgehead atoms. The minimum absolute atomic E-state index is 0.00788. The number of rotatable bonds is 6. The first kappa shape index (κ1) is 14.4. The molecule has 0 aliphatic rings. The molecule has 18 heavy (non-hydrogen) atoms. The number of nitrogens with one attached hydrogen (secondary N) is 1. The summed E-state index contributed by atoms with van der Waals surface area (Å²) in [5.41, 5.74) is 1.19. The Morgan fingerprint density at radius 1 is 1.22 bits per heavy atom. The Kier molecular flexibility index (Phi) is 6.05. The summed E-state index contributed by atoms with van der Waals surface area (Å²) in [6.07, 6.45) is 0.830. The number of methoxy groups -OCH3 is 1. The number of ether oxygens (including phenoxy) is 1. The molecule has 0 spiro atoms. The maximum Gasteiger partial charge on any atom is 0.317 e. The number of urea groups is 1. The van der Waals surface area contributed by atoms with Crippen molar-refractivity contribution in [3.63, 3.8) is 0 Å². The number of carbonyl (C=O) groups is 1. The van der Waals surface area contributed by atoms with Gasteiger partial charge in [-0.25, -0.2) is 4.79 Å². The van der Waals surface area contributed by atoms with Crippen molar-refractivity contribution in [1.82, 2.24) is 10.2 Å². The Morgan fingerprint density at radius 2 is 1.83 bits per heavy atom. The van der Waals surface area contributed by atoms with Gasteiger partial charge >= 0.3 is 6.03 Å². The fourth-order valence-corrected chi connectivity index (χ4v) is 1.73. The molecule has 0 radical (unpaired) electrons. The SMILES string of the molecule is CCN(CC)C(=O)NCCc1ccc(OC)cc1. The van der Waals surface area contributed by atoms with Crippen LogP contribution in [0.1, 0.15) is 19.4 Å². The van der Waals surface area contributed by atoms with E-state index in [2.05, 4.69) is 5.32 Å². The number of carbonyl (C=O) groups excluding carboxylic acids is 1. The highest BCUT2D eigenvalue weighted by Crippen LogP contribution is 2.11. The van der Waals surface area contributed by atoms with Crippen LogP contribution in [-0.4, -0.2) is 37.7 Å². The van der Waals surface area contributed by atoms with Gasteiger partial charge in [-0.15, -0.1) is 0 Å². The summed E-state index contributed by atoms with van der Waals surface area (Å²) in [6.45, 7) is 6.09. The van der Waals surface area contributed by atoms with Crippen LogP contribution >= 0.6 is 0 Å². The lowest BCUT2D eigenvalue weighted by molar-refractivity contribution is 0.203. The molecule has 0 heterocycles. The lowest BCUT2D eigenvalue weighted by Gasteiger charge is -2.19. The molecule has 1 rings (SSSR count). The van der Waals surface area contributed by atoms with Crippen LogP contribution < -0.4 is 10.1 Å². The molecule has 0 unspecified atom stereocenters.